The highest BCUT2D eigenvalue weighted by molar-refractivity contribution is 5.35. The van der Waals surface area contributed by atoms with Crippen molar-refractivity contribution in [3.63, 3.8) is 0 Å². The first-order valence-electron chi connectivity index (χ1n) is 8.14. The summed E-state index contributed by atoms with van der Waals surface area (Å²) in [5.74, 6) is 1.52. The molecule has 3 unspecified atom stereocenters. The molecule has 0 spiro atoms. The second-order valence-electron chi connectivity index (χ2n) is 7.05. The van der Waals surface area contributed by atoms with E-state index in [-0.39, 0.29) is 6.04 Å². The summed E-state index contributed by atoms with van der Waals surface area (Å²) in [5, 5.41) is 14.8. The average Bonchev–Trinajstić information content (AvgIpc) is 2.77. The van der Waals surface area contributed by atoms with Crippen LogP contribution in [0.4, 0.5) is 0 Å². The van der Waals surface area contributed by atoms with Crippen molar-refractivity contribution in [2.24, 2.45) is 11.8 Å². The molecule has 2 aliphatic rings. The molecule has 2 heteroatoms. The average molecular weight is 273 g/mol. The Morgan fingerprint density at radius 1 is 1.20 bits per heavy atom. The maximum atomic E-state index is 11.2. The molecular formula is C18H27NO. The molecule has 0 aromatic heterocycles. The Morgan fingerprint density at radius 2 is 2.00 bits per heavy atom. The monoisotopic (exact) mass is 273 g/mol. The van der Waals surface area contributed by atoms with Gasteiger partial charge in [0.2, 0.25) is 0 Å². The second-order valence-corrected chi connectivity index (χ2v) is 7.05. The Bertz CT molecular complexity index is 470. The fourth-order valence-corrected chi connectivity index (χ4v) is 4.11. The first kappa shape index (κ1) is 14.1. The van der Waals surface area contributed by atoms with Crippen LogP contribution < -0.4 is 5.32 Å². The lowest BCUT2D eigenvalue weighted by molar-refractivity contribution is -0.0117. The molecule has 3 rings (SSSR count). The number of nitrogens with one attached hydrogen (secondary N) is 1. The normalized spacial score (nSPS) is 34.0. The van der Waals surface area contributed by atoms with Crippen molar-refractivity contribution >= 4 is 0 Å². The van der Waals surface area contributed by atoms with E-state index in [0.717, 1.165) is 44.1 Å². The topological polar surface area (TPSA) is 32.3 Å². The smallest absolute Gasteiger partial charge is 0.0841 e. The Kier molecular flexibility index (Phi) is 3.87. The van der Waals surface area contributed by atoms with Gasteiger partial charge in [0.15, 0.2) is 0 Å². The zero-order chi connectivity index (χ0) is 14.2. The summed E-state index contributed by atoms with van der Waals surface area (Å²) in [6.07, 6.45) is 5.45. The van der Waals surface area contributed by atoms with E-state index in [1.54, 1.807) is 0 Å². The molecule has 0 amide bonds. The van der Waals surface area contributed by atoms with Gasteiger partial charge in [-0.15, -0.1) is 0 Å². The molecule has 2 N–H and O–H groups in total. The largest absolute Gasteiger partial charge is 0.388 e. The molecule has 1 fully saturated rings. The van der Waals surface area contributed by atoms with Crippen LogP contribution in [0.15, 0.2) is 24.3 Å². The Morgan fingerprint density at radius 3 is 2.80 bits per heavy atom. The van der Waals surface area contributed by atoms with Crippen LogP contribution in [-0.2, 0) is 6.54 Å². The summed E-state index contributed by atoms with van der Waals surface area (Å²) in [6, 6.07) is 8.68. The Labute approximate surface area is 122 Å². The molecule has 1 heterocycles. The van der Waals surface area contributed by atoms with Gasteiger partial charge in [-0.05, 0) is 42.2 Å². The summed E-state index contributed by atoms with van der Waals surface area (Å²) >= 11 is 0. The van der Waals surface area contributed by atoms with E-state index in [1.807, 2.05) is 0 Å². The van der Waals surface area contributed by atoms with Gasteiger partial charge in [0, 0.05) is 6.54 Å². The van der Waals surface area contributed by atoms with Crippen molar-refractivity contribution in [3.8, 4) is 0 Å². The third-order valence-electron chi connectivity index (χ3n) is 5.48. The number of hydrogen-bond acceptors (Lipinski definition) is 2. The maximum Gasteiger partial charge on any atom is 0.0841 e. The molecule has 0 radical (unpaired) electrons. The maximum absolute atomic E-state index is 11.2. The van der Waals surface area contributed by atoms with Gasteiger partial charge in [0.05, 0.1) is 11.6 Å². The van der Waals surface area contributed by atoms with Crippen LogP contribution in [-0.4, -0.2) is 10.7 Å². The number of benzene rings is 1. The fraction of sp³-hybridized carbons (Fsp3) is 0.667. The molecule has 1 aliphatic heterocycles. The fourth-order valence-electron chi connectivity index (χ4n) is 4.11. The van der Waals surface area contributed by atoms with Gasteiger partial charge < -0.3 is 10.4 Å². The highest BCUT2D eigenvalue weighted by atomic mass is 16.3. The lowest BCUT2D eigenvalue weighted by Gasteiger charge is -2.34. The van der Waals surface area contributed by atoms with Crippen LogP contribution in [0, 0.1) is 11.8 Å². The van der Waals surface area contributed by atoms with Crippen molar-refractivity contribution < 1.29 is 5.11 Å². The molecule has 2 nitrogen and oxygen atoms in total. The van der Waals surface area contributed by atoms with Gasteiger partial charge in [-0.25, -0.2) is 0 Å². The first-order chi connectivity index (χ1) is 9.60. The molecular weight excluding hydrogens is 246 g/mol. The van der Waals surface area contributed by atoms with Crippen molar-refractivity contribution in [1.82, 2.24) is 5.32 Å². The third kappa shape index (κ3) is 2.51. The molecule has 1 aromatic carbocycles. The number of aliphatic hydroxyl groups is 1. The molecule has 110 valence electrons. The van der Waals surface area contributed by atoms with E-state index < -0.39 is 5.60 Å². The lowest BCUT2D eigenvalue weighted by atomic mass is 9.82. The number of hydrogen-bond donors (Lipinski definition) is 2. The lowest BCUT2D eigenvalue weighted by Crippen LogP contribution is -2.40. The van der Waals surface area contributed by atoms with E-state index >= 15 is 0 Å². The van der Waals surface area contributed by atoms with Gasteiger partial charge in [-0.2, -0.15) is 0 Å². The van der Waals surface area contributed by atoms with Crippen LogP contribution in [0.5, 0.6) is 0 Å². The summed E-state index contributed by atoms with van der Waals surface area (Å²) < 4.78 is 0. The number of fused-ring (bicyclic) bond motifs is 1. The van der Waals surface area contributed by atoms with Gasteiger partial charge >= 0.3 is 0 Å². The first-order valence-corrected chi connectivity index (χ1v) is 8.14. The van der Waals surface area contributed by atoms with E-state index in [9.17, 15) is 5.11 Å². The molecule has 0 bridgehead atoms. The van der Waals surface area contributed by atoms with Crippen LogP contribution >= 0.6 is 0 Å². The molecule has 1 aliphatic carbocycles. The van der Waals surface area contributed by atoms with Gasteiger partial charge in [-0.1, -0.05) is 51.0 Å². The van der Waals surface area contributed by atoms with Crippen molar-refractivity contribution in [3.05, 3.63) is 35.4 Å². The van der Waals surface area contributed by atoms with E-state index in [4.69, 9.17) is 0 Å². The van der Waals surface area contributed by atoms with Crippen LogP contribution in [0.25, 0.3) is 0 Å². The summed E-state index contributed by atoms with van der Waals surface area (Å²) in [4.78, 5) is 0. The molecule has 1 aromatic rings. The van der Waals surface area contributed by atoms with Gasteiger partial charge in [-0.3, -0.25) is 0 Å². The minimum atomic E-state index is -0.559. The van der Waals surface area contributed by atoms with Crippen molar-refractivity contribution in [1.29, 1.82) is 0 Å². The summed E-state index contributed by atoms with van der Waals surface area (Å²) in [7, 11) is 0. The predicted molar refractivity (Wildman–Crippen MR) is 82.4 cm³/mol. The summed E-state index contributed by atoms with van der Waals surface area (Å²) in [6.45, 7) is 5.53. The highest BCUT2D eigenvalue weighted by Gasteiger charge is 2.42. The summed E-state index contributed by atoms with van der Waals surface area (Å²) in [5.41, 5.74) is 2.12. The Hall–Kier alpha value is -0.860. The SMILES string of the molecule is CC(C)C1CCCC(O)(C2NCc3ccccc32)CC1. The van der Waals surface area contributed by atoms with Crippen molar-refractivity contribution in [2.75, 3.05) is 0 Å². The van der Waals surface area contributed by atoms with Crippen LogP contribution in [0.2, 0.25) is 0 Å². The second kappa shape index (κ2) is 5.50. The minimum absolute atomic E-state index is 0.129. The quantitative estimate of drug-likeness (QED) is 0.803. The molecule has 1 saturated carbocycles. The van der Waals surface area contributed by atoms with Crippen LogP contribution in [0.1, 0.15) is 63.1 Å². The molecule has 20 heavy (non-hydrogen) atoms. The standard InChI is InChI=1S/C18H27NO/c1-13(2)14-7-5-10-18(20,11-9-14)17-16-8-4-3-6-15(16)12-19-17/h3-4,6,8,13-14,17,19-20H,5,7,9-12H2,1-2H3. The van der Waals surface area contributed by atoms with E-state index in [0.29, 0.717) is 0 Å². The van der Waals surface area contributed by atoms with Gasteiger partial charge in [0.1, 0.15) is 0 Å². The molecule has 0 saturated heterocycles. The zero-order valence-electron chi connectivity index (χ0n) is 12.7. The third-order valence-corrected chi connectivity index (χ3v) is 5.48. The zero-order valence-corrected chi connectivity index (χ0v) is 12.7. The number of rotatable bonds is 2. The van der Waals surface area contributed by atoms with Crippen LogP contribution in [0.3, 0.4) is 0 Å². The highest BCUT2D eigenvalue weighted by Crippen LogP contribution is 2.43. The Balaban J connectivity index is 1.80. The van der Waals surface area contributed by atoms with Crippen molar-refractivity contribution in [2.45, 2.75) is 64.1 Å². The van der Waals surface area contributed by atoms with E-state index in [2.05, 4.69) is 43.4 Å². The van der Waals surface area contributed by atoms with E-state index in [1.165, 1.54) is 17.5 Å². The van der Waals surface area contributed by atoms with Gasteiger partial charge in [0.25, 0.3) is 0 Å². The predicted octanol–water partition coefficient (Wildman–Crippen LogP) is 3.80. The minimum Gasteiger partial charge on any atom is -0.388 e. The molecule has 3 atom stereocenters.